The van der Waals surface area contributed by atoms with Crippen LogP contribution in [0.2, 0.25) is 0 Å². The van der Waals surface area contributed by atoms with E-state index in [0.29, 0.717) is 17.9 Å². The molecule has 0 amide bonds. The van der Waals surface area contributed by atoms with Gasteiger partial charge in [0, 0.05) is 0 Å². The Labute approximate surface area is 96.4 Å². The van der Waals surface area contributed by atoms with E-state index in [4.69, 9.17) is 9.47 Å². The van der Waals surface area contributed by atoms with Crippen LogP contribution in [0.3, 0.4) is 0 Å². The third-order valence-electron chi connectivity index (χ3n) is 2.39. The van der Waals surface area contributed by atoms with Crippen LogP contribution in [-0.4, -0.2) is 19.7 Å². The largest absolute Gasteiger partial charge is 0.496 e. The quantitative estimate of drug-likeness (QED) is 0.567. The third-order valence-corrected chi connectivity index (χ3v) is 2.39. The van der Waals surface area contributed by atoms with E-state index in [-0.39, 0.29) is 5.97 Å². The van der Waals surface area contributed by atoms with E-state index in [1.807, 2.05) is 19.1 Å². The molecule has 0 aliphatic carbocycles. The number of rotatable bonds is 5. The zero-order chi connectivity index (χ0) is 12.0. The van der Waals surface area contributed by atoms with Gasteiger partial charge in [0.2, 0.25) is 0 Å². The zero-order valence-corrected chi connectivity index (χ0v) is 10.1. The average molecular weight is 222 g/mol. The van der Waals surface area contributed by atoms with Crippen LogP contribution in [0.4, 0.5) is 0 Å². The minimum Gasteiger partial charge on any atom is -0.496 e. The smallest absolute Gasteiger partial charge is 0.342 e. The molecule has 0 saturated heterocycles. The summed E-state index contributed by atoms with van der Waals surface area (Å²) >= 11 is 0. The van der Waals surface area contributed by atoms with Crippen molar-refractivity contribution in [3.8, 4) is 5.75 Å². The van der Waals surface area contributed by atoms with Gasteiger partial charge < -0.3 is 9.47 Å². The maximum atomic E-state index is 11.8. The maximum absolute atomic E-state index is 11.8. The highest BCUT2D eigenvalue weighted by atomic mass is 16.5. The Morgan fingerprint density at radius 2 is 2.12 bits per heavy atom. The Morgan fingerprint density at radius 3 is 2.75 bits per heavy atom. The number of ether oxygens (including phenoxy) is 2. The molecule has 0 saturated carbocycles. The lowest BCUT2D eigenvalue weighted by Crippen LogP contribution is -2.09. The van der Waals surface area contributed by atoms with Crippen molar-refractivity contribution in [2.24, 2.45) is 0 Å². The van der Waals surface area contributed by atoms with E-state index in [0.717, 1.165) is 18.4 Å². The molecule has 0 aliphatic rings. The molecule has 0 bridgehead atoms. The van der Waals surface area contributed by atoms with Crippen molar-refractivity contribution in [2.45, 2.75) is 26.7 Å². The van der Waals surface area contributed by atoms with Gasteiger partial charge in [0.1, 0.15) is 11.3 Å². The highest BCUT2D eigenvalue weighted by molar-refractivity contribution is 5.94. The Morgan fingerprint density at radius 1 is 1.38 bits per heavy atom. The molecule has 0 unspecified atom stereocenters. The lowest BCUT2D eigenvalue weighted by atomic mass is 10.1. The van der Waals surface area contributed by atoms with Crippen LogP contribution >= 0.6 is 0 Å². The topological polar surface area (TPSA) is 35.5 Å². The molecule has 88 valence electrons. The fourth-order valence-electron chi connectivity index (χ4n) is 1.45. The predicted molar refractivity (Wildman–Crippen MR) is 62.9 cm³/mol. The van der Waals surface area contributed by atoms with Crippen molar-refractivity contribution in [1.82, 2.24) is 0 Å². The number of unbranched alkanes of at least 4 members (excludes halogenated alkanes) is 1. The van der Waals surface area contributed by atoms with Crippen LogP contribution in [0, 0.1) is 6.92 Å². The molecule has 3 heteroatoms. The van der Waals surface area contributed by atoms with Gasteiger partial charge >= 0.3 is 5.97 Å². The maximum Gasteiger partial charge on any atom is 0.342 e. The summed E-state index contributed by atoms with van der Waals surface area (Å²) in [5, 5.41) is 0. The van der Waals surface area contributed by atoms with Gasteiger partial charge in [0.25, 0.3) is 0 Å². The van der Waals surface area contributed by atoms with Gasteiger partial charge in [-0.2, -0.15) is 0 Å². The molecule has 0 heterocycles. The summed E-state index contributed by atoms with van der Waals surface area (Å²) in [4.78, 5) is 11.8. The summed E-state index contributed by atoms with van der Waals surface area (Å²) in [6.07, 6.45) is 1.90. The van der Waals surface area contributed by atoms with Crippen LogP contribution in [0.15, 0.2) is 18.2 Å². The minimum atomic E-state index is -0.302. The predicted octanol–water partition coefficient (Wildman–Crippen LogP) is 2.96. The van der Waals surface area contributed by atoms with Crippen LogP contribution in [-0.2, 0) is 4.74 Å². The first-order valence-corrected chi connectivity index (χ1v) is 5.51. The lowest BCUT2D eigenvalue weighted by molar-refractivity contribution is 0.0495. The number of methoxy groups -OCH3 is 1. The number of aryl methyl sites for hydroxylation is 1. The van der Waals surface area contributed by atoms with Crippen LogP contribution in [0.5, 0.6) is 5.75 Å². The first-order valence-electron chi connectivity index (χ1n) is 5.51. The molecular weight excluding hydrogens is 204 g/mol. The second kappa shape index (κ2) is 6.16. The summed E-state index contributed by atoms with van der Waals surface area (Å²) in [6, 6.07) is 5.50. The molecule has 0 fully saturated rings. The van der Waals surface area contributed by atoms with Crippen molar-refractivity contribution in [3.63, 3.8) is 0 Å². The molecule has 3 nitrogen and oxygen atoms in total. The summed E-state index contributed by atoms with van der Waals surface area (Å²) in [5.74, 6) is 0.268. The van der Waals surface area contributed by atoms with E-state index in [1.165, 1.54) is 0 Å². The summed E-state index contributed by atoms with van der Waals surface area (Å²) < 4.78 is 10.3. The van der Waals surface area contributed by atoms with Crippen molar-refractivity contribution in [1.29, 1.82) is 0 Å². The fraction of sp³-hybridized carbons (Fsp3) is 0.462. The number of carbonyl (C=O) groups is 1. The lowest BCUT2D eigenvalue weighted by Gasteiger charge is -2.10. The molecule has 0 aromatic heterocycles. The molecule has 0 aliphatic heterocycles. The van der Waals surface area contributed by atoms with Gasteiger partial charge in [0.05, 0.1) is 13.7 Å². The Bertz CT molecular complexity index is 358. The van der Waals surface area contributed by atoms with Gasteiger partial charge in [-0.1, -0.05) is 25.5 Å². The van der Waals surface area contributed by atoms with Crippen molar-refractivity contribution < 1.29 is 14.3 Å². The number of carbonyl (C=O) groups excluding carboxylic acids is 1. The van der Waals surface area contributed by atoms with Gasteiger partial charge in [0.15, 0.2) is 0 Å². The molecule has 0 N–H and O–H groups in total. The van der Waals surface area contributed by atoms with Gasteiger partial charge in [-0.05, 0) is 25.0 Å². The molecule has 1 rings (SSSR count). The highest BCUT2D eigenvalue weighted by Crippen LogP contribution is 2.22. The monoisotopic (exact) mass is 222 g/mol. The molecule has 1 aromatic rings. The first-order chi connectivity index (χ1) is 7.70. The summed E-state index contributed by atoms with van der Waals surface area (Å²) in [5.41, 5.74) is 1.40. The normalized spacial score (nSPS) is 9.94. The number of esters is 1. The molecule has 0 spiro atoms. The van der Waals surface area contributed by atoms with Gasteiger partial charge in [-0.15, -0.1) is 0 Å². The van der Waals surface area contributed by atoms with Crippen molar-refractivity contribution in [3.05, 3.63) is 29.3 Å². The first kappa shape index (κ1) is 12.6. The summed E-state index contributed by atoms with van der Waals surface area (Å²) in [6.45, 7) is 4.40. The molecule has 0 radical (unpaired) electrons. The Hall–Kier alpha value is -1.51. The molecule has 0 atom stereocenters. The average Bonchev–Trinajstić information content (AvgIpc) is 2.28. The van der Waals surface area contributed by atoms with E-state index in [2.05, 4.69) is 6.92 Å². The zero-order valence-electron chi connectivity index (χ0n) is 10.1. The fourth-order valence-corrected chi connectivity index (χ4v) is 1.45. The van der Waals surface area contributed by atoms with Crippen LogP contribution in [0.1, 0.15) is 35.7 Å². The van der Waals surface area contributed by atoms with Crippen molar-refractivity contribution in [2.75, 3.05) is 13.7 Å². The van der Waals surface area contributed by atoms with Gasteiger partial charge in [-0.25, -0.2) is 4.79 Å². The molecule has 16 heavy (non-hydrogen) atoms. The van der Waals surface area contributed by atoms with E-state index in [9.17, 15) is 4.79 Å². The second-order valence-electron chi connectivity index (χ2n) is 3.64. The molecule has 1 aromatic carbocycles. The third kappa shape index (κ3) is 2.99. The van der Waals surface area contributed by atoms with Crippen LogP contribution < -0.4 is 4.74 Å². The van der Waals surface area contributed by atoms with E-state index < -0.39 is 0 Å². The van der Waals surface area contributed by atoms with Gasteiger partial charge in [-0.3, -0.25) is 0 Å². The minimum absolute atomic E-state index is 0.302. The van der Waals surface area contributed by atoms with Crippen LogP contribution in [0.25, 0.3) is 0 Å². The van der Waals surface area contributed by atoms with E-state index >= 15 is 0 Å². The Kier molecular flexibility index (Phi) is 4.83. The number of hydrogen-bond acceptors (Lipinski definition) is 3. The Balaban J connectivity index is 2.81. The highest BCUT2D eigenvalue weighted by Gasteiger charge is 2.15. The number of hydrogen-bond donors (Lipinski definition) is 0. The van der Waals surface area contributed by atoms with Crippen molar-refractivity contribution >= 4 is 5.97 Å². The molecular formula is C13H18O3. The standard InChI is InChI=1S/C13H18O3/c1-4-5-9-16-13(14)12-10(2)7-6-8-11(12)15-3/h6-8H,4-5,9H2,1-3H3. The second-order valence-corrected chi connectivity index (χ2v) is 3.64. The van der Waals surface area contributed by atoms with E-state index in [1.54, 1.807) is 13.2 Å². The summed E-state index contributed by atoms with van der Waals surface area (Å²) in [7, 11) is 1.55. The SMILES string of the molecule is CCCCOC(=O)c1c(C)cccc1OC. The number of benzene rings is 1.